The van der Waals surface area contributed by atoms with Crippen LogP contribution in [0.15, 0.2) is 27.9 Å². The fourth-order valence-corrected chi connectivity index (χ4v) is 2.25. The van der Waals surface area contributed by atoms with Gasteiger partial charge in [0.2, 0.25) is 5.09 Å². The number of sulfonamides is 1. The lowest BCUT2D eigenvalue weighted by atomic mass is 10.7. The van der Waals surface area contributed by atoms with Crippen LogP contribution in [0.3, 0.4) is 0 Å². The van der Waals surface area contributed by atoms with E-state index in [0.29, 0.717) is 6.42 Å². The van der Waals surface area contributed by atoms with Gasteiger partial charge in [0.25, 0.3) is 10.0 Å². The number of nitrogens with one attached hydrogen (secondary N) is 1. The molecule has 1 saturated carbocycles. The molecule has 0 spiro atoms. The smallest absolute Gasteiger partial charge is 0.274 e. The van der Waals surface area contributed by atoms with Gasteiger partial charge in [0, 0.05) is 12.1 Å². The number of hydrogen-bond acceptors (Lipinski definition) is 4. The zero-order valence-electron chi connectivity index (χ0n) is 7.21. The molecule has 0 bridgehead atoms. The van der Waals surface area contributed by atoms with Crippen molar-refractivity contribution in [2.45, 2.75) is 23.6 Å². The summed E-state index contributed by atoms with van der Waals surface area (Å²) in [4.78, 5) is 0. The lowest BCUT2D eigenvalue weighted by Gasteiger charge is -2.00. The zero-order valence-corrected chi connectivity index (χ0v) is 8.85. The molecule has 2 unspecified atom stereocenters. The maximum Gasteiger partial charge on any atom is 0.274 e. The first kappa shape index (κ1) is 11.5. The van der Waals surface area contributed by atoms with E-state index in [0.717, 1.165) is 0 Å². The van der Waals surface area contributed by atoms with Crippen molar-refractivity contribution in [3.63, 3.8) is 0 Å². The minimum absolute atomic E-state index is 0. The Balaban J connectivity index is 0.000000980. The molecule has 1 aromatic heterocycles. The van der Waals surface area contributed by atoms with Crippen LogP contribution in [0.4, 0.5) is 0 Å². The van der Waals surface area contributed by atoms with E-state index in [1.54, 1.807) is 0 Å². The molecule has 1 aliphatic rings. The van der Waals surface area contributed by atoms with Crippen molar-refractivity contribution in [3.8, 4) is 0 Å². The quantitative estimate of drug-likeness (QED) is 0.781. The fourth-order valence-electron chi connectivity index (χ4n) is 1.02. The number of rotatable bonds is 3. The Hall–Kier alpha value is -0.560. The number of halogens is 1. The Morgan fingerprint density at radius 2 is 2.21 bits per heavy atom. The largest absolute Gasteiger partial charge is 0.452 e. The molecular weight excluding hydrogens is 228 g/mol. The van der Waals surface area contributed by atoms with E-state index in [-0.39, 0.29) is 29.6 Å². The maximum atomic E-state index is 11.4. The second-order valence-corrected chi connectivity index (χ2v) is 4.70. The first-order valence-electron chi connectivity index (χ1n) is 3.91. The van der Waals surface area contributed by atoms with Crippen LogP contribution < -0.4 is 10.5 Å². The molecule has 14 heavy (non-hydrogen) atoms. The minimum atomic E-state index is -3.48. The Bertz CT molecular complexity index is 389. The molecule has 1 aliphatic carbocycles. The molecule has 2 atom stereocenters. The van der Waals surface area contributed by atoms with Gasteiger partial charge in [-0.25, -0.2) is 13.1 Å². The van der Waals surface area contributed by atoms with Gasteiger partial charge in [-0.2, -0.15) is 0 Å². The number of furan rings is 1. The van der Waals surface area contributed by atoms with E-state index in [1.165, 1.54) is 18.4 Å². The third-order valence-corrected chi connectivity index (χ3v) is 3.28. The van der Waals surface area contributed by atoms with Gasteiger partial charge in [-0.15, -0.1) is 12.4 Å². The second-order valence-electron chi connectivity index (χ2n) is 3.06. The highest BCUT2D eigenvalue weighted by atomic mass is 35.5. The first-order valence-corrected chi connectivity index (χ1v) is 5.39. The van der Waals surface area contributed by atoms with Gasteiger partial charge < -0.3 is 10.2 Å². The molecule has 3 N–H and O–H groups in total. The maximum absolute atomic E-state index is 11.4. The SMILES string of the molecule is Cl.NC1CC1NS(=O)(=O)c1ccco1. The minimum Gasteiger partial charge on any atom is -0.452 e. The van der Waals surface area contributed by atoms with Crippen LogP contribution in [0.2, 0.25) is 0 Å². The van der Waals surface area contributed by atoms with E-state index in [4.69, 9.17) is 10.2 Å². The Labute approximate surface area is 88.1 Å². The highest BCUT2D eigenvalue weighted by Gasteiger charge is 2.37. The summed E-state index contributed by atoms with van der Waals surface area (Å²) in [5.74, 6) is 0. The monoisotopic (exact) mass is 238 g/mol. The van der Waals surface area contributed by atoms with Gasteiger partial charge >= 0.3 is 0 Å². The lowest BCUT2D eigenvalue weighted by molar-refractivity contribution is 0.445. The highest BCUT2D eigenvalue weighted by Crippen LogP contribution is 2.21. The molecule has 1 aromatic rings. The molecule has 0 radical (unpaired) electrons. The standard InChI is InChI=1S/C7H10N2O3S.ClH/c8-5-4-6(5)9-13(10,11)7-2-1-3-12-7;/h1-3,5-6,9H,4,8H2;1H. The van der Waals surface area contributed by atoms with Gasteiger partial charge in [0.1, 0.15) is 0 Å². The van der Waals surface area contributed by atoms with Crippen molar-refractivity contribution < 1.29 is 12.8 Å². The fraction of sp³-hybridized carbons (Fsp3) is 0.429. The third-order valence-electron chi connectivity index (χ3n) is 1.91. The normalized spacial score (nSPS) is 25.5. The molecule has 1 heterocycles. The summed E-state index contributed by atoms with van der Waals surface area (Å²) >= 11 is 0. The average Bonchev–Trinajstić information content (AvgIpc) is 2.56. The summed E-state index contributed by atoms with van der Waals surface area (Å²) < 4.78 is 30.1. The van der Waals surface area contributed by atoms with Crippen molar-refractivity contribution in [3.05, 3.63) is 18.4 Å². The predicted octanol–water partition coefficient (Wildman–Crippen LogP) is 0.0793. The van der Waals surface area contributed by atoms with Crippen LogP contribution in [0, 0.1) is 0 Å². The molecule has 0 aliphatic heterocycles. The topological polar surface area (TPSA) is 85.3 Å². The van der Waals surface area contributed by atoms with Crippen molar-refractivity contribution in [2.24, 2.45) is 5.73 Å². The van der Waals surface area contributed by atoms with Gasteiger partial charge in [-0.05, 0) is 18.6 Å². The summed E-state index contributed by atoms with van der Waals surface area (Å²) in [5, 5.41) is -0.0633. The lowest BCUT2D eigenvalue weighted by Crippen LogP contribution is -2.29. The van der Waals surface area contributed by atoms with E-state index < -0.39 is 10.0 Å². The summed E-state index contributed by atoms with van der Waals surface area (Å²) in [7, 11) is -3.48. The molecule has 0 saturated heterocycles. The predicted molar refractivity (Wildman–Crippen MR) is 52.7 cm³/mol. The summed E-state index contributed by atoms with van der Waals surface area (Å²) in [6.45, 7) is 0. The molecular formula is C7H11ClN2O3S. The van der Waals surface area contributed by atoms with Crippen LogP contribution in [0.25, 0.3) is 0 Å². The molecule has 7 heteroatoms. The Morgan fingerprint density at radius 1 is 1.57 bits per heavy atom. The second kappa shape index (κ2) is 3.90. The van der Waals surface area contributed by atoms with Gasteiger partial charge in [-0.1, -0.05) is 0 Å². The van der Waals surface area contributed by atoms with E-state index in [1.807, 2.05) is 0 Å². The van der Waals surface area contributed by atoms with Crippen LogP contribution in [0.1, 0.15) is 6.42 Å². The Kier molecular flexibility index (Phi) is 3.20. The number of nitrogens with two attached hydrogens (primary N) is 1. The van der Waals surface area contributed by atoms with Crippen LogP contribution in [-0.2, 0) is 10.0 Å². The number of hydrogen-bond donors (Lipinski definition) is 2. The summed E-state index contributed by atoms with van der Waals surface area (Å²) in [5.41, 5.74) is 5.47. The van der Waals surface area contributed by atoms with Crippen molar-refractivity contribution in [1.82, 2.24) is 4.72 Å². The zero-order chi connectivity index (χ0) is 9.47. The third kappa shape index (κ3) is 2.27. The van der Waals surface area contributed by atoms with Gasteiger partial charge in [-0.3, -0.25) is 0 Å². The van der Waals surface area contributed by atoms with Gasteiger partial charge in [0.05, 0.1) is 6.26 Å². The molecule has 1 fully saturated rings. The van der Waals surface area contributed by atoms with Crippen LogP contribution >= 0.6 is 12.4 Å². The van der Waals surface area contributed by atoms with Crippen LogP contribution in [0.5, 0.6) is 0 Å². The van der Waals surface area contributed by atoms with Crippen molar-refractivity contribution in [1.29, 1.82) is 0 Å². The van der Waals surface area contributed by atoms with E-state index >= 15 is 0 Å². The highest BCUT2D eigenvalue weighted by molar-refractivity contribution is 7.89. The average molecular weight is 239 g/mol. The summed E-state index contributed by atoms with van der Waals surface area (Å²) in [6, 6.07) is 2.75. The molecule has 80 valence electrons. The van der Waals surface area contributed by atoms with Gasteiger partial charge in [0.15, 0.2) is 0 Å². The molecule has 0 amide bonds. The van der Waals surface area contributed by atoms with Crippen molar-refractivity contribution >= 4 is 22.4 Å². The molecule has 0 aromatic carbocycles. The van der Waals surface area contributed by atoms with E-state index in [2.05, 4.69) is 4.72 Å². The Morgan fingerprint density at radius 3 is 2.64 bits per heavy atom. The van der Waals surface area contributed by atoms with Crippen molar-refractivity contribution in [2.75, 3.05) is 0 Å². The summed E-state index contributed by atoms with van der Waals surface area (Å²) in [6.07, 6.45) is 2.02. The molecule has 5 nitrogen and oxygen atoms in total. The first-order chi connectivity index (χ1) is 6.09. The molecule has 2 rings (SSSR count). The van der Waals surface area contributed by atoms with Crippen LogP contribution in [-0.4, -0.2) is 20.5 Å². The van der Waals surface area contributed by atoms with E-state index in [9.17, 15) is 8.42 Å².